The minimum absolute atomic E-state index is 0.0494. The second kappa shape index (κ2) is 2.07. The molecule has 0 aromatic carbocycles. The molecule has 3 nitrogen and oxygen atoms in total. The Morgan fingerprint density at radius 2 is 2.62 bits per heavy atom. The Morgan fingerprint density at radius 3 is 2.88 bits per heavy atom. The maximum atomic E-state index is 8.49. The number of aliphatic hydroxyl groups excluding tert-OH is 1. The molecule has 0 bridgehead atoms. The highest BCUT2D eigenvalue weighted by Crippen LogP contribution is 1.93. The van der Waals surface area contributed by atoms with E-state index >= 15 is 0 Å². The third-order valence-corrected chi connectivity index (χ3v) is 0.999. The van der Waals surface area contributed by atoms with Crippen LogP contribution in [0.1, 0.15) is 6.92 Å². The Morgan fingerprint density at radius 1 is 1.88 bits per heavy atom. The molecule has 0 fully saturated rings. The fourth-order valence-corrected chi connectivity index (χ4v) is 0.606. The van der Waals surface area contributed by atoms with Gasteiger partial charge in [-0.3, -0.25) is 5.32 Å². The molecule has 0 spiro atoms. The number of quaternary nitrogens is 1. The van der Waals surface area contributed by atoms with Gasteiger partial charge < -0.3 is 5.11 Å². The molecule has 0 atom stereocenters. The quantitative estimate of drug-likeness (QED) is 0.441. The molecule has 1 rings (SSSR count). The van der Waals surface area contributed by atoms with E-state index in [4.69, 9.17) is 5.11 Å². The fraction of sp³-hybridized carbons (Fsp3) is 0.400. The first-order chi connectivity index (χ1) is 3.83. The number of rotatable bonds is 1. The molecule has 0 amide bonds. The average molecular weight is 113 g/mol. The smallest absolute Gasteiger partial charge is 0.201 e. The van der Waals surface area contributed by atoms with Crippen LogP contribution in [0, 0.1) is 0 Å². The zero-order valence-corrected chi connectivity index (χ0v) is 4.76. The molecule has 0 unspecified atom stereocenters. The Bertz CT molecular complexity index is 149. The number of aliphatic imine (C=N–C) groups is 1. The molecule has 3 N–H and O–H groups in total. The van der Waals surface area contributed by atoms with Crippen LogP contribution in [-0.2, 0) is 0 Å². The Kier molecular flexibility index (Phi) is 1.41. The Balaban J connectivity index is 2.58. The van der Waals surface area contributed by atoms with Crippen molar-refractivity contribution in [2.75, 3.05) is 6.61 Å². The summed E-state index contributed by atoms with van der Waals surface area (Å²) in [6.45, 7) is 1.95. The first-order valence-electron chi connectivity index (χ1n) is 2.53. The molecule has 0 radical (unpaired) electrons. The second-order valence-corrected chi connectivity index (χ2v) is 1.74. The summed E-state index contributed by atoms with van der Waals surface area (Å²) in [4.78, 5) is 3.98. The van der Waals surface area contributed by atoms with Gasteiger partial charge in [-0.25, -0.2) is 0 Å². The molecule has 1 heterocycles. The third-order valence-electron chi connectivity index (χ3n) is 0.999. The lowest BCUT2D eigenvalue weighted by atomic mass is 10.5. The molecule has 0 aliphatic carbocycles. The van der Waals surface area contributed by atoms with Crippen LogP contribution in [0.25, 0.3) is 0 Å². The zero-order chi connectivity index (χ0) is 5.98. The van der Waals surface area contributed by atoms with Crippen molar-refractivity contribution in [1.29, 1.82) is 0 Å². The molecule has 0 saturated carbocycles. The normalized spacial score (nSPS) is 18.2. The lowest BCUT2D eigenvalue weighted by molar-refractivity contribution is -0.459. The maximum absolute atomic E-state index is 8.49. The molecule has 8 heavy (non-hydrogen) atoms. The molecular weight excluding hydrogens is 104 g/mol. The van der Waals surface area contributed by atoms with Crippen LogP contribution in [0.4, 0.5) is 0 Å². The van der Waals surface area contributed by atoms with Crippen molar-refractivity contribution in [1.82, 2.24) is 0 Å². The number of amidine groups is 1. The number of aliphatic hydroxyl groups is 1. The molecule has 1 aliphatic heterocycles. The highest BCUT2D eigenvalue weighted by Gasteiger charge is 2.05. The van der Waals surface area contributed by atoms with Crippen molar-refractivity contribution in [3.8, 4) is 0 Å². The molecule has 0 saturated heterocycles. The van der Waals surface area contributed by atoms with Crippen molar-refractivity contribution in [3.63, 3.8) is 0 Å². The maximum Gasteiger partial charge on any atom is 0.201 e. The van der Waals surface area contributed by atoms with Crippen molar-refractivity contribution >= 4 is 5.84 Å². The van der Waals surface area contributed by atoms with Gasteiger partial charge in [-0.1, -0.05) is 0 Å². The summed E-state index contributed by atoms with van der Waals surface area (Å²) < 4.78 is 0. The molecule has 0 aromatic rings. The molecule has 1 aliphatic rings. The summed E-state index contributed by atoms with van der Waals surface area (Å²) in [6.07, 6.45) is 1.81. The van der Waals surface area contributed by atoms with E-state index in [0.29, 0.717) is 0 Å². The monoisotopic (exact) mass is 113 g/mol. The van der Waals surface area contributed by atoms with Gasteiger partial charge >= 0.3 is 0 Å². The molecular formula is C5H9N2O+. The van der Waals surface area contributed by atoms with Crippen LogP contribution in [0.5, 0.6) is 0 Å². The number of nitrogens with zero attached hydrogens (tertiary/aromatic N) is 1. The number of hydrogen-bond donors (Lipinski definition) is 2. The molecule has 44 valence electrons. The van der Waals surface area contributed by atoms with Crippen LogP contribution < -0.4 is 5.32 Å². The van der Waals surface area contributed by atoms with Gasteiger partial charge in [-0.15, -0.1) is 0 Å². The van der Waals surface area contributed by atoms with E-state index in [0.717, 1.165) is 11.5 Å². The summed E-state index contributed by atoms with van der Waals surface area (Å²) >= 11 is 0. The van der Waals surface area contributed by atoms with Crippen LogP contribution >= 0.6 is 0 Å². The van der Waals surface area contributed by atoms with E-state index in [1.807, 2.05) is 18.4 Å². The average Bonchev–Trinajstić information content (AvgIpc) is 2.14. The van der Waals surface area contributed by atoms with Gasteiger partial charge in [0.2, 0.25) is 5.84 Å². The summed E-state index contributed by atoms with van der Waals surface area (Å²) in [5.41, 5.74) is 0.752. The lowest BCUT2D eigenvalue weighted by Gasteiger charge is -1.79. The highest BCUT2D eigenvalue weighted by molar-refractivity contribution is 5.72. The predicted octanol–water partition coefficient (Wildman–Crippen LogP) is -1.18. The van der Waals surface area contributed by atoms with Gasteiger partial charge in [0.1, 0.15) is 11.9 Å². The van der Waals surface area contributed by atoms with Crippen molar-refractivity contribution < 1.29 is 10.4 Å². The van der Waals surface area contributed by atoms with Gasteiger partial charge in [-0.2, -0.15) is 4.99 Å². The fourth-order valence-electron chi connectivity index (χ4n) is 0.606. The van der Waals surface area contributed by atoms with Gasteiger partial charge in [0.15, 0.2) is 0 Å². The summed E-state index contributed by atoms with van der Waals surface area (Å²) in [5.74, 6) is 0.967. The first kappa shape index (κ1) is 5.47. The van der Waals surface area contributed by atoms with E-state index in [9.17, 15) is 0 Å². The highest BCUT2D eigenvalue weighted by atomic mass is 16.3. The van der Waals surface area contributed by atoms with Crippen molar-refractivity contribution in [2.24, 2.45) is 4.99 Å². The topological polar surface area (TPSA) is 49.2 Å². The van der Waals surface area contributed by atoms with E-state index in [1.54, 1.807) is 0 Å². The van der Waals surface area contributed by atoms with Crippen molar-refractivity contribution in [2.45, 2.75) is 6.92 Å². The molecule has 0 aromatic heterocycles. The summed E-state index contributed by atoms with van der Waals surface area (Å²) in [6, 6.07) is 0. The van der Waals surface area contributed by atoms with Gasteiger partial charge in [-0.05, 0) is 0 Å². The third kappa shape index (κ3) is 0.936. The number of nitrogens with two attached hydrogens (primary N) is 1. The minimum Gasteiger partial charge on any atom is -0.390 e. The van der Waals surface area contributed by atoms with Gasteiger partial charge in [0.05, 0.1) is 6.61 Å². The standard InChI is InChI=1S/C5H8N2O/c1-4-6-2-5(3-8)7-4/h2,8H,3H2,1H3,(H,6,7)/p+1. The van der Waals surface area contributed by atoms with E-state index in [1.165, 1.54) is 0 Å². The minimum atomic E-state index is 0.0494. The number of hydrogen-bond acceptors (Lipinski definition) is 2. The van der Waals surface area contributed by atoms with Gasteiger partial charge in [0, 0.05) is 6.92 Å². The second-order valence-electron chi connectivity index (χ2n) is 1.74. The van der Waals surface area contributed by atoms with Crippen LogP contribution in [0.3, 0.4) is 0 Å². The largest absolute Gasteiger partial charge is 0.390 e. The molecule has 3 heteroatoms. The van der Waals surface area contributed by atoms with E-state index < -0.39 is 0 Å². The summed E-state index contributed by atoms with van der Waals surface area (Å²) in [5, 5.41) is 10.4. The Hall–Kier alpha value is -0.670. The van der Waals surface area contributed by atoms with Gasteiger partial charge in [0.25, 0.3) is 0 Å². The van der Waals surface area contributed by atoms with E-state index in [-0.39, 0.29) is 6.61 Å². The lowest BCUT2D eigenvalue weighted by Crippen LogP contribution is -2.79. The van der Waals surface area contributed by atoms with E-state index in [2.05, 4.69) is 4.99 Å². The SMILES string of the molecule is CC1=NC(CO)=C[NH2+]1. The summed E-state index contributed by atoms with van der Waals surface area (Å²) in [7, 11) is 0. The van der Waals surface area contributed by atoms with Crippen LogP contribution in [0.2, 0.25) is 0 Å². The van der Waals surface area contributed by atoms with Crippen molar-refractivity contribution in [3.05, 3.63) is 11.9 Å². The zero-order valence-electron chi connectivity index (χ0n) is 4.76. The van der Waals surface area contributed by atoms with Crippen LogP contribution in [-0.4, -0.2) is 17.5 Å². The first-order valence-corrected chi connectivity index (χ1v) is 2.53. The predicted molar refractivity (Wildman–Crippen MR) is 30.2 cm³/mol. The Labute approximate surface area is 47.7 Å². The van der Waals surface area contributed by atoms with Crippen LogP contribution in [0.15, 0.2) is 16.9 Å².